The van der Waals surface area contributed by atoms with Crippen LogP contribution in [0.25, 0.3) is 0 Å². The first-order valence-electron chi connectivity index (χ1n) is 12.9. The highest BCUT2D eigenvalue weighted by molar-refractivity contribution is 5.94. The third kappa shape index (κ3) is 6.64. The van der Waals surface area contributed by atoms with Crippen LogP contribution in [0.3, 0.4) is 0 Å². The molecule has 0 aliphatic carbocycles. The monoisotopic (exact) mass is 534 g/mol. The lowest BCUT2D eigenvalue weighted by atomic mass is 9.88. The lowest BCUT2D eigenvalue weighted by molar-refractivity contribution is -0.146. The first-order chi connectivity index (χ1) is 18.6. The van der Waals surface area contributed by atoms with Gasteiger partial charge in [-0.25, -0.2) is 4.79 Å². The van der Waals surface area contributed by atoms with Gasteiger partial charge in [0.05, 0.1) is 18.8 Å². The van der Waals surface area contributed by atoms with Gasteiger partial charge in [0.25, 0.3) is 0 Å². The molecule has 0 bridgehead atoms. The maximum Gasteiger partial charge on any atom is 0.405 e. The fraction of sp³-hybridized carbons (Fsp3) is 0.379. The van der Waals surface area contributed by atoms with Crippen LogP contribution in [0.5, 0.6) is 0 Å². The van der Waals surface area contributed by atoms with Gasteiger partial charge in [-0.1, -0.05) is 66.7 Å². The van der Waals surface area contributed by atoms with Crippen LogP contribution in [-0.2, 0) is 32.1 Å². The number of fused-ring (bicyclic) bond motifs is 1. The number of carboxylic acid groups (broad SMARTS) is 1. The fourth-order valence-electron chi connectivity index (χ4n) is 5.00. The molecule has 1 fully saturated rings. The molecule has 4 amide bonds. The summed E-state index contributed by atoms with van der Waals surface area (Å²) < 4.78 is 5.84. The summed E-state index contributed by atoms with van der Waals surface area (Å²) in [6.07, 6.45) is 2.60. The number of benzene rings is 2. The number of carbonyl (C=O) groups excluding carboxylic acids is 3. The second-order valence-corrected chi connectivity index (χ2v) is 10.4. The Balaban J connectivity index is 1.53. The van der Waals surface area contributed by atoms with Gasteiger partial charge in [-0.3, -0.25) is 14.4 Å². The Labute approximate surface area is 227 Å². The zero-order valence-electron chi connectivity index (χ0n) is 22.1. The van der Waals surface area contributed by atoms with Crippen LogP contribution in [0.15, 0.2) is 72.8 Å². The second-order valence-electron chi connectivity index (χ2n) is 10.4. The van der Waals surface area contributed by atoms with E-state index in [1.807, 2.05) is 66.7 Å². The first-order valence-corrected chi connectivity index (χ1v) is 12.9. The summed E-state index contributed by atoms with van der Waals surface area (Å²) in [4.78, 5) is 54.2. The summed E-state index contributed by atoms with van der Waals surface area (Å²) >= 11 is 0. The van der Waals surface area contributed by atoms with E-state index < -0.39 is 29.1 Å². The Bertz CT molecular complexity index is 1230. The molecule has 0 aromatic heterocycles. The summed E-state index contributed by atoms with van der Waals surface area (Å²) in [6, 6.07) is 18.2. The number of rotatable bonds is 10. The maximum atomic E-state index is 13.9. The molecule has 3 N–H and O–H groups in total. The number of ether oxygens (including phenoxy) is 1. The normalized spacial score (nSPS) is 19.4. The highest BCUT2D eigenvalue weighted by Crippen LogP contribution is 2.32. The standard InChI is InChI=1S/C29H34N4O6/c1-28(2,31-27(37)38)26(36)30-23(19-39-18-22-11-7-4-8-12-22)25(35)32-15-16-33-24(34)13-14-29(33,20-32)17-21-9-5-3-6-10-21/h3-14,23,31H,15-20H2,1-2H3,(H,30,36)(H,37,38). The Morgan fingerprint density at radius 1 is 1.03 bits per heavy atom. The number of hydrogen-bond donors (Lipinski definition) is 3. The van der Waals surface area contributed by atoms with E-state index in [0.717, 1.165) is 11.1 Å². The quantitative estimate of drug-likeness (QED) is 0.428. The fourth-order valence-corrected chi connectivity index (χ4v) is 5.00. The molecule has 10 nitrogen and oxygen atoms in total. The molecule has 0 radical (unpaired) electrons. The maximum absolute atomic E-state index is 13.9. The first kappa shape index (κ1) is 27.8. The molecule has 2 aromatic carbocycles. The van der Waals surface area contributed by atoms with Gasteiger partial charge in [0.15, 0.2) is 0 Å². The van der Waals surface area contributed by atoms with Gasteiger partial charge >= 0.3 is 6.09 Å². The van der Waals surface area contributed by atoms with Crippen LogP contribution >= 0.6 is 0 Å². The molecule has 2 aliphatic heterocycles. The Morgan fingerprint density at radius 3 is 2.31 bits per heavy atom. The lowest BCUT2D eigenvalue weighted by Crippen LogP contribution is -2.66. The van der Waals surface area contributed by atoms with E-state index in [9.17, 15) is 19.2 Å². The van der Waals surface area contributed by atoms with Crippen molar-refractivity contribution in [3.8, 4) is 0 Å². The van der Waals surface area contributed by atoms with Gasteiger partial charge < -0.3 is 30.3 Å². The van der Waals surface area contributed by atoms with Gasteiger partial charge in [-0.05, 0) is 25.0 Å². The zero-order valence-corrected chi connectivity index (χ0v) is 22.1. The molecule has 4 rings (SSSR count). The number of nitrogens with zero attached hydrogens (tertiary/aromatic N) is 2. The van der Waals surface area contributed by atoms with Gasteiger partial charge in [-0.2, -0.15) is 0 Å². The highest BCUT2D eigenvalue weighted by atomic mass is 16.5. The number of amides is 4. The van der Waals surface area contributed by atoms with Crippen molar-refractivity contribution in [2.75, 3.05) is 26.2 Å². The van der Waals surface area contributed by atoms with Crippen molar-refractivity contribution in [3.05, 3.63) is 83.9 Å². The second kappa shape index (κ2) is 11.7. The average molecular weight is 535 g/mol. The van der Waals surface area contributed by atoms with E-state index in [4.69, 9.17) is 9.84 Å². The van der Waals surface area contributed by atoms with Crippen molar-refractivity contribution in [1.82, 2.24) is 20.4 Å². The lowest BCUT2D eigenvalue weighted by Gasteiger charge is -2.47. The third-order valence-corrected chi connectivity index (χ3v) is 7.05. The molecule has 2 aliphatic rings. The van der Waals surface area contributed by atoms with Gasteiger partial charge in [0.1, 0.15) is 11.6 Å². The predicted octanol–water partition coefficient (Wildman–Crippen LogP) is 1.96. The van der Waals surface area contributed by atoms with Crippen molar-refractivity contribution >= 4 is 23.8 Å². The van der Waals surface area contributed by atoms with E-state index in [-0.39, 0.29) is 31.6 Å². The molecular formula is C29H34N4O6. The average Bonchev–Trinajstić information content (AvgIpc) is 3.23. The number of nitrogens with one attached hydrogen (secondary N) is 2. The molecule has 39 heavy (non-hydrogen) atoms. The summed E-state index contributed by atoms with van der Waals surface area (Å²) in [7, 11) is 0. The summed E-state index contributed by atoms with van der Waals surface area (Å²) in [6.45, 7) is 3.87. The molecule has 2 atom stereocenters. The van der Waals surface area contributed by atoms with E-state index in [0.29, 0.717) is 19.5 Å². The molecule has 0 saturated carbocycles. The van der Waals surface area contributed by atoms with Crippen LogP contribution in [0.1, 0.15) is 25.0 Å². The van der Waals surface area contributed by atoms with Crippen LogP contribution in [0, 0.1) is 0 Å². The highest BCUT2D eigenvalue weighted by Gasteiger charge is 2.47. The van der Waals surface area contributed by atoms with E-state index in [2.05, 4.69) is 10.6 Å². The predicted molar refractivity (Wildman–Crippen MR) is 144 cm³/mol. The van der Waals surface area contributed by atoms with Crippen molar-refractivity contribution < 1.29 is 29.0 Å². The van der Waals surface area contributed by atoms with Gasteiger partial charge in [0, 0.05) is 32.1 Å². The molecular weight excluding hydrogens is 500 g/mol. The minimum absolute atomic E-state index is 0.0874. The summed E-state index contributed by atoms with van der Waals surface area (Å²) in [5.41, 5.74) is -0.227. The smallest absolute Gasteiger partial charge is 0.405 e. The largest absolute Gasteiger partial charge is 0.465 e. The number of hydrogen-bond acceptors (Lipinski definition) is 5. The molecule has 1 saturated heterocycles. The Kier molecular flexibility index (Phi) is 8.35. The minimum atomic E-state index is -1.47. The van der Waals surface area contributed by atoms with Crippen LogP contribution < -0.4 is 10.6 Å². The van der Waals surface area contributed by atoms with E-state index in [1.54, 1.807) is 15.9 Å². The molecule has 206 valence electrons. The van der Waals surface area contributed by atoms with Crippen molar-refractivity contribution in [2.24, 2.45) is 0 Å². The van der Waals surface area contributed by atoms with Crippen molar-refractivity contribution in [3.63, 3.8) is 0 Å². The number of piperazine rings is 1. The summed E-state index contributed by atoms with van der Waals surface area (Å²) in [5.74, 6) is -1.10. The van der Waals surface area contributed by atoms with Crippen molar-refractivity contribution in [1.29, 1.82) is 0 Å². The molecule has 2 heterocycles. The third-order valence-electron chi connectivity index (χ3n) is 7.05. The Hall–Kier alpha value is -4.18. The van der Waals surface area contributed by atoms with E-state index in [1.165, 1.54) is 13.8 Å². The SMILES string of the molecule is CC(C)(NC(=O)O)C(=O)NC(COCc1ccccc1)C(=O)N1CCN2C(=O)C=CC2(Cc2ccccc2)C1. The van der Waals surface area contributed by atoms with Crippen molar-refractivity contribution in [2.45, 2.75) is 44.0 Å². The number of carbonyl (C=O) groups is 4. The molecule has 2 unspecified atom stereocenters. The molecule has 10 heteroatoms. The van der Waals surface area contributed by atoms with E-state index >= 15 is 0 Å². The van der Waals surface area contributed by atoms with Crippen LogP contribution in [0.2, 0.25) is 0 Å². The summed E-state index contributed by atoms with van der Waals surface area (Å²) in [5, 5.41) is 14.0. The van der Waals surface area contributed by atoms with Gasteiger partial charge in [0.2, 0.25) is 17.7 Å². The molecule has 0 spiro atoms. The molecule has 2 aromatic rings. The minimum Gasteiger partial charge on any atom is -0.465 e. The van der Waals surface area contributed by atoms with Crippen LogP contribution in [-0.4, -0.2) is 82.1 Å². The zero-order chi connectivity index (χ0) is 28.0. The topological polar surface area (TPSA) is 128 Å². The van der Waals surface area contributed by atoms with Gasteiger partial charge in [-0.15, -0.1) is 0 Å². The Morgan fingerprint density at radius 2 is 1.67 bits per heavy atom. The van der Waals surface area contributed by atoms with Crippen LogP contribution in [0.4, 0.5) is 4.79 Å².